The van der Waals surface area contributed by atoms with Crippen LogP contribution < -0.4 is 15.4 Å². The third-order valence-corrected chi connectivity index (χ3v) is 7.36. The number of hydrogen-bond donors (Lipinski definition) is 2. The van der Waals surface area contributed by atoms with Crippen molar-refractivity contribution in [3.8, 4) is 0 Å². The van der Waals surface area contributed by atoms with Gasteiger partial charge in [0.1, 0.15) is 0 Å². The summed E-state index contributed by atoms with van der Waals surface area (Å²) in [5.74, 6) is -0.000617. The predicted molar refractivity (Wildman–Crippen MR) is 122 cm³/mol. The highest BCUT2D eigenvalue weighted by atomic mass is 32.2. The molecule has 31 heavy (non-hydrogen) atoms. The smallest absolute Gasteiger partial charge is 0.239 e. The molecule has 0 bridgehead atoms. The molecule has 0 unspecified atom stereocenters. The minimum atomic E-state index is -3.39. The molecule has 0 aromatic heterocycles. The van der Waals surface area contributed by atoms with Crippen LogP contribution in [0, 0.1) is 11.8 Å². The summed E-state index contributed by atoms with van der Waals surface area (Å²) >= 11 is 0. The Morgan fingerprint density at radius 1 is 1.10 bits per heavy atom. The van der Waals surface area contributed by atoms with E-state index in [9.17, 15) is 18.0 Å². The van der Waals surface area contributed by atoms with Crippen LogP contribution in [0.3, 0.4) is 0 Å². The molecule has 2 aliphatic carbocycles. The Bertz CT molecular complexity index is 908. The van der Waals surface area contributed by atoms with Gasteiger partial charge in [0.05, 0.1) is 18.0 Å². The number of hydrogen-bond acceptors (Lipinski definition) is 5. The molecule has 8 nitrogen and oxygen atoms in total. The topological polar surface area (TPSA) is 113 Å². The maximum atomic E-state index is 13.0. The zero-order chi connectivity index (χ0) is 22.8. The standard InChI is InChI=1S/C22H34N4O4S/c1-25(18-7-5-8-18)22(28)20(23)15-10-12-16(13-11-15)21(27)26(2)19-9-4-6-17(14-19)24-31(3,29)30/h4,6,9,14-16,18,20,24H,5,7-8,10-13,23H2,1-3H3/t15?,16?,20-/m0/s1. The molecule has 2 saturated carbocycles. The molecule has 0 aliphatic heterocycles. The molecule has 0 saturated heterocycles. The largest absolute Gasteiger partial charge is 0.341 e. The maximum absolute atomic E-state index is 13.0. The van der Waals surface area contributed by atoms with Crippen LogP contribution in [0.2, 0.25) is 0 Å². The fraction of sp³-hybridized carbons (Fsp3) is 0.636. The molecule has 1 aromatic rings. The molecule has 1 aromatic carbocycles. The minimum absolute atomic E-state index is 0.00133. The SMILES string of the molecule is CN(C(=O)C1CCC([C@H](N)C(=O)N(C)C2CCC2)CC1)c1cccc(NS(C)(=O)=O)c1. The number of anilines is 2. The van der Waals surface area contributed by atoms with Gasteiger partial charge in [-0.15, -0.1) is 0 Å². The molecule has 3 rings (SSSR count). The van der Waals surface area contributed by atoms with Gasteiger partial charge in [0.2, 0.25) is 21.8 Å². The van der Waals surface area contributed by atoms with E-state index in [2.05, 4.69) is 4.72 Å². The van der Waals surface area contributed by atoms with Crippen molar-refractivity contribution in [2.75, 3.05) is 30.0 Å². The van der Waals surface area contributed by atoms with Crippen molar-refractivity contribution in [2.45, 2.75) is 57.0 Å². The zero-order valence-corrected chi connectivity index (χ0v) is 19.4. The van der Waals surface area contributed by atoms with Crippen molar-refractivity contribution >= 4 is 33.2 Å². The number of sulfonamides is 1. The first kappa shape index (κ1) is 23.5. The Kier molecular flexibility index (Phi) is 7.26. The van der Waals surface area contributed by atoms with Gasteiger partial charge >= 0.3 is 0 Å². The number of nitrogens with two attached hydrogens (primary N) is 1. The summed E-state index contributed by atoms with van der Waals surface area (Å²) in [5, 5.41) is 0. The zero-order valence-electron chi connectivity index (χ0n) is 18.6. The van der Waals surface area contributed by atoms with Gasteiger partial charge in [0.25, 0.3) is 0 Å². The Morgan fingerprint density at radius 2 is 1.74 bits per heavy atom. The Morgan fingerprint density at radius 3 is 2.29 bits per heavy atom. The van der Waals surface area contributed by atoms with Gasteiger partial charge in [-0.2, -0.15) is 0 Å². The number of amides is 2. The second-order valence-corrected chi connectivity index (χ2v) is 10.7. The van der Waals surface area contributed by atoms with Crippen LogP contribution in [-0.2, 0) is 19.6 Å². The first-order valence-corrected chi connectivity index (χ1v) is 12.8. The molecule has 1 atom stereocenters. The lowest BCUT2D eigenvalue weighted by Gasteiger charge is -2.39. The van der Waals surface area contributed by atoms with E-state index in [1.54, 1.807) is 36.2 Å². The van der Waals surface area contributed by atoms with Gasteiger partial charge in [-0.3, -0.25) is 14.3 Å². The van der Waals surface area contributed by atoms with E-state index in [4.69, 9.17) is 5.73 Å². The summed E-state index contributed by atoms with van der Waals surface area (Å²) in [6.45, 7) is 0. The van der Waals surface area contributed by atoms with Gasteiger partial charge in [0, 0.05) is 31.7 Å². The number of nitrogens with zero attached hydrogens (tertiary/aromatic N) is 2. The summed E-state index contributed by atoms with van der Waals surface area (Å²) in [7, 11) is 0.167. The summed E-state index contributed by atoms with van der Waals surface area (Å²) in [6, 6.07) is 6.62. The Hall–Kier alpha value is -2.13. The molecule has 0 spiro atoms. The highest BCUT2D eigenvalue weighted by Crippen LogP contribution is 2.34. The van der Waals surface area contributed by atoms with E-state index in [1.165, 1.54) is 6.42 Å². The first-order chi connectivity index (χ1) is 14.6. The van der Waals surface area contributed by atoms with Crippen molar-refractivity contribution in [3.05, 3.63) is 24.3 Å². The highest BCUT2D eigenvalue weighted by molar-refractivity contribution is 7.92. The molecular formula is C22H34N4O4S. The second kappa shape index (κ2) is 9.56. The number of nitrogens with one attached hydrogen (secondary N) is 1. The molecule has 0 radical (unpaired) electrons. The van der Waals surface area contributed by atoms with E-state index < -0.39 is 16.1 Å². The summed E-state index contributed by atoms with van der Waals surface area (Å²) in [5.41, 5.74) is 7.36. The fourth-order valence-electron chi connectivity index (χ4n) is 4.51. The van der Waals surface area contributed by atoms with Crippen molar-refractivity contribution in [1.29, 1.82) is 0 Å². The molecule has 2 fully saturated rings. The number of carbonyl (C=O) groups excluding carboxylic acids is 2. The molecule has 2 amide bonds. The number of likely N-dealkylation sites (N-methyl/N-ethyl adjacent to an activating group) is 1. The van der Waals surface area contributed by atoms with E-state index in [1.807, 2.05) is 11.9 Å². The molecule has 9 heteroatoms. The lowest BCUT2D eigenvalue weighted by atomic mass is 9.77. The van der Waals surface area contributed by atoms with E-state index in [0.717, 1.165) is 31.9 Å². The average Bonchev–Trinajstić information content (AvgIpc) is 2.69. The summed E-state index contributed by atoms with van der Waals surface area (Å²) in [6.07, 6.45) is 7.29. The van der Waals surface area contributed by atoms with Crippen LogP contribution in [-0.4, -0.2) is 57.6 Å². The molecule has 172 valence electrons. The van der Waals surface area contributed by atoms with Crippen molar-refractivity contribution < 1.29 is 18.0 Å². The quantitative estimate of drug-likeness (QED) is 0.661. The summed E-state index contributed by atoms with van der Waals surface area (Å²) < 4.78 is 25.4. The Labute approximate surface area is 185 Å². The van der Waals surface area contributed by atoms with Gasteiger partial charge < -0.3 is 15.5 Å². The number of rotatable bonds is 7. The van der Waals surface area contributed by atoms with Crippen LogP contribution in [0.4, 0.5) is 11.4 Å². The van der Waals surface area contributed by atoms with E-state index >= 15 is 0 Å². The average molecular weight is 451 g/mol. The van der Waals surface area contributed by atoms with Crippen LogP contribution in [0.1, 0.15) is 44.9 Å². The molecule has 0 heterocycles. The van der Waals surface area contributed by atoms with Gasteiger partial charge in [-0.05, 0) is 69.1 Å². The normalized spacial score (nSPS) is 22.8. The molecule has 2 aliphatic rings. The Balaban J connectivity index is 1.56. The van der Waals surface area contributed by atoms with Crippen LogP contribution in [0.25, 0.3) is 0 Å². The van der Waals surface area contributed by atoms with E-state index in [0.29, 0.717) is 30.3 Å². The third-order valence-electron chi connectivity index (χ3n) is 6.75. The van der Waals surface area contributed by atoms with E-state index in [-0.39, 0.29) is 23.7 Å². The van der Waals surface area contributed by atoms with Crippen LogP contribution in [0.15, 0.2) is 24.3 Å². The van der Waals surface area contributed by atoms with Crippen LogP contribution in [0.5, 0.6) is 0 Å². The number of benzene rings is 1. The maximum Gasteiger partial charge on any atom is 0.239 e. The molecular weight excluding hydrogens is 416 g/mol. The van der Waals surface area contributed by atoms with Crippen molar-refractivity contribution in [3.63, 3.8) is 0 Å². The van der Waals surface area contributed by atoms with Gasteiger partial charge in [0.15, 0.2) is 0 Å². The lowest BCUT2D eigenvalue weighted by Crippen LogP contribution is -2.52. The van der Waals surface area contributed by atoms with Crippen molar-refractivity contribution in [1.82, 2.24) is 4.90 Å². The monoisotopic (exact) mass is 450 g/mol. The van der Waals surface area contributed by atoms with Crippen molar-refractivity contribution in [2.24, 2.45) is 17.6 Å². The first-order valence-electron chi connectivity index (χ1n) is 10.9. The van der Waals surface area contributed by atoms with Gasteiger partial charge in [-0.1, -0.05) is 6.07 Å². The number of carbonyl (C=O) groups is 2. The minimum Gasteiger partial charge on any atom is -0.341 e. The van der Waals surface area contributed by atoms with Gasteiger partial charge in [-0.25, -0.2) is 8.42 Å². The van der Waals surface area contributed by atoms with Crippen LogP contribution >= 0.6 is 0 Å². The highest BCUT2D eigenvalue weighted by Gasteiger charge is 2.36. The molecule has 3 N–H and O–H groups in total. The summed E-state index contributed by atoms with van der Waals surface area (Å²) in [4.78, 5) is 29.1. The second-order valence-electron chi connectivity index (χ2n) is 8.99. The predicted octanol–water partition coefficient (Wildman–Crippen LogP) is 2.17. The fourth-order valence-corrected chi connectivity index (χ4v) is 5.06. The lowest BCUT2D eigenvalue weighted by molar-refractivity contribution is -0.136. The third kappa shape index (κ3) is 5.77.